The van der Waals surface area contributed by atoms with Crippen LogP contribution in [0.25, 0.3) is 0 Å². The predicted molar refractivity (Wildman–Crippen MR) is 364 cm³/mol. The number of aliphatic hydroxyl groups excluding tert-OH is 5. The maximum atomic E-state index is 13.2. The summed E-state index contributed by atoms with van der Waals surface area (Å²) in [4.78, 5) is 13.2. The highest BCUT2D eigenvalue weighted by Crippen LogP contribution is 2.24. The second-order valence-electron chi connectivity index (χ2n) is 24.7. The van der Waals surface area contributed by atoms with Crippen LogP contribution in [0, 0.1) is 0 Å². The van der Waals surface area contributed by atoms with E-state index in [-0.39, 0.29) is 12.5 Å². The van der Waals surface area contributed by atoms with Gasteiger partial charge in [-0.25, -0.2) is 0 Å². The molecule has 85 heavy (non-hydrogen) atoms. The van der Waals surface area contributed by atoms with Gasteiger partial charge in [0.2, 0.25) is 5.91 Å². The number of unbranched alkanes of at least 4 members (excludes halogenated alkanes) is 36. The molecule has 0 aliphatic carbocycles. The number of hydrogen-bond donors (Lipinski definition) is 6. The molecule has 0 bridgehead atoms. The first-order valence-corrected chi connectivity index (χ1v) is 35.9. The third-order valence-corrected chi connectivity index (χ3v) is 16.7. The molecule has 1 rings (SSSR count). The van der Waals surface area contributed by atoms with Gasteiger partial charge in [-0.05, 0) is 77.0 Å². The van der Waals surface area contributed by atoms with E-state index in [0.717, 1.165) is 103 Å². The summed E-state index contributed by atoms with van der Waals surface area (Å²) in [6.07, 6.45) is 86.1. The standard InChI is InChI=1S/C76H135NO8/c1-3-5-7-9-11-13-15-17-19-21-23-25-27-29-31-33-34-35-36-38-40-42-44-46-48-50-52-54-56-58-60-62-64-66-72(80)77-69(68-84-76-75(83)74(82)73(81)71(67-78)85-76)70(79)65-63-61-59-57-55-53-51-49-47-45-43-41-39-37-32-30-28-26-24-22-20-18-16-14-12-10-8-6-4-2/h5,7,11,13,17,19,23,25,29,31,34-35,38,40,44,46,69-71,73-76,78-79,81-83H,3-4,6,8-10,12,14-16,18,20-22,24,26-28,30,32-33,36-37,39,41-43,45,47-68H2,1-2H3,(H,77,80)/b7-5-,13-11-,19-17-,25-23-,31-29-,35-34-,40-38-,46-44-. The maximum Gasteiger partial charge on any atom is 0.220 e. The van der Waals surface area contributed by atoms with Crippen LogP contribution in [0.5, 0.6) is 0 Å². The van der Waals surface area contributed by atoms with Crippen LogP contribution >= 0.6 is 0 Å². The second kappa shape index (κ2) is 64.1. The summed E-state index contributed by atoms with van der Waals surface area (Å²) in [6, 6.07) is -0.732. The Morgan fingerprint density at radius 1 is 0.412 bits per heavy atom. The van der Waals surface area contributed by atoms with Gasteiger partial charge in [0.05, 0.1) is 25.4 Å². The number of rotatable bonds is 62. The lowest BCUT2D eigenvalue weighted by Crippen LogP contribution is -2.60. The summed E-state index contributed by atoms with van der Waals surface area (Å²) in [5.41, 5.74) is 0. The van der Waals surface area contributed by atoms with E-state index in [4.69, 9.17) is 9.47 Å². The van der Waals surface area contributed by atoms with E-state index >= 15 is 0 Å². The van der Waals surface area contributed by atoms with Crippen molar-refractivity contribution in [3.8, 4) is 0 Å². The van der Waals surface area contributed by atoms with Gasteiger partial charge >= 0.3 is 0 Å². The van der Waals surface area contributed by atoms with Crippen LogP contribution in [0.15, 0.2) is 97.2 Å². The van der Waals surface area contributed by atoms with Gasteiger partial charge in [-0.1, -0.05) is 336 Å². The lowest BCUT2D eigenvalue weighted by molar-refractivity contribution is -0.302. The van der Waals surface area contributed by atoms with E-state index in [1.807, 2.05) is 0 Å². The fourth-order valence-corrected chi connectivity index (χ4v) is 11.1. The minimum atomic E-state index is -1.56. The summed E-state index contributed by atoms with van der Waals surface area (Å²) >= 11 is 0. The first kappa shape index (κ1) is 80.1. The van der Waals surface area contributed by atoms with Crippen molar-refractivity contribution in [1.82, 2.24) is 5.32 Å². The minimum absolute atomic E-state index is 0.145. The summed E-state index contributed by atoms with van der Waals surface area (Å²) in [5, 5.41) is 55.0. The highest BCUT2D eigenvalue weighted by atomic mass is 16.7. The number of carbonyl (C=O) groups is 1. The quantitative estimate of drug-likeness (QED) is 0.0261. The van der Waals surface area contributed by atoms with Gasteiger partial charge in [-0.15, -0.1) is 0 Å². The molecular weight excluding hydrogens is 1050 g/mol. The van der Waals surface area contributed by atoms with E-state index in [0.29, 0.717) is 12.8 Å². The second-order valence-corrected chi connectivity index (χ2v) is 24.7. The number of carbonyl (C=O) groups excluding carboxylic acids is 1. The Bertz CT molecular complexity index is 1670. The van der Waals surface area contributed by atoms with Crippen LogP contribution in [-0.4, -0.2) is 87.5 Å². The normalized spacial score (nSPS) is 18.7. The van der Waals surface area contributed by atoms with Crippen LogP contribution in [0.1, 0.15) is 322 Å². The molecule has 7 atom stereocenters. The molecule has 492 valence electrons. The number of ether oxygens (including phenoxy) is 2. The molecule has 1 aliphatic rings. The third kappa shape index (κ3) is 52.7. The molecule has 0 spiro atoms. The molecular formula is C76H135NO8. The van der Waals surface area contributed by atoms with Crippen LogP contribution in [0.2, 0.25) is 0 Å². The Labute approximate surface area is 523 Å². The average molecular weight is 1190 g/mol. The van der Waals surface area contributed by atoms with Crippen molar-refractivity contribution in [2.24, 2.45) is 0 Å². The number of aliphatic hydroxyl groups is 5. The maximum absolute atomic E-state index is 13.2. The molecule has 6 N–H and O–H groups in total. The molecule has 0 aromatic carbocycles. The Morgan fingerprint density at radius 3 is 1.08 bits per heavy atom. The Kier molecular flexibility index (Phi) is 60.4. The van der Waals surface area contributed by atoms with Crippen molar-refractivity contribution in [2.75, 3.05) is 13.2 Å². The summed E-state index contributed by atoms with van der Waals surface area (Å²) in [5.74, 6) is -0.152. The molecule has 9 heteroatoms. The van der Waals surface area contributed by atoms with E-state index in [1.165, 1.54) is 193 Å². The topological polar surface area (TPSA) is 149 Å². The first-order chi connectivity index (χ1) is 41.8. The first-order valence-electron chi connectivity index (χ1n) is 35.9. The molecule has 1 heterocycles. The summed E-state index contributed by atoms with van der Waals surface area (Å²) in [7, 11) is 0. The number of nitrogens with one attached hydrogen (secondary N) is 1. The van der Waals surface area contributed by atoms with Gasteiger partial charge in [0.25, 0.3) is 0 Å². The Hall–Kier alpha value is -2.89. The molecule has 7 unspecified atom stereocenters. The van der Waals surface area contributed by atoms with E-state index in [1.54, 1.807) is 0 Å². The fraction of sp³-hybridized carbons (Fsp3) is 0.776. The molecule has 1 saturated heterocycles. The molecule has 9 nitrogen and oxygen atoms in total. The van der Waals surface area contributed by atoms with Crippen molar-refractivity contribution in [2.45, 2.75) is 365 Å². The largest absolute Gasteiger partial charge is 0.394 e. The third-order valence-electron chi connectivity index (χ3n) is 16.7. The zero-order chi connectivity index (χ0) is 61.4. The van der Waals surface area contributed by atoms with Crippen LogP contribution in [0.4, 0.5) is 0 Å². The zero-order valence-electron chi connectivity index (χ0n) is 55.1. The van der Waals surface area contributed by atoms with Crippen LogP contribution in [0.3, 0.4) is 0 Å². The molecule has 1 amide bonds. The van der Waals surface area contributed by atoms with Gasteiger partial charge in [0, 0.05) is 6.42 Å². The van der Waals surface area contributed by atoms with Gasteiger partial charge in [-0.3, -0.25) is 4.79 Å². The zero-order valence-corrected chi connectivity index (χ0v) is 55.1. The van der Waals surface area contributed by atoms with Crippen molar-refractivity contribution >= 4 is 5.91 Å². The minimum Gasteiger partial charge on any atom is -0.394 e. The predicted octanol–water partition coefficient (Wildman–Crippen LogP) is 19.9. The van der Waals surface area contributed by atoms with Gasteiger partial charge in [0.15, 0.2) is 6.29 Å². The van der Waals surface area contributed by atoms with E-state index < -0.39 is 49.5 Å². The number of amides is 1. The van der Waals surface area contributed by atoms with Crippen LogP contribution in [-0.2, 0) is 14.3 Å². The number of allylic oxidation sites excluding steroid dienone is 16. The lowest BCUT2D eigenvalue weighted by Gasteiger charge is -2.40. The van der Waals surface area contributed by atoms with E-state index in [9.17, 15) is 30.3 Å². The highest BCUT2D eigenvalue weighted by molar-refractivity contribution is 5.76. The molecule has 0 radical (unpaired) electrons. The molecule has 0 aromatic heterocycles. The number of hydrogen-bond acceptors (Lipinski definition) is 8. The molecule has 0 aromatic rings. The van der Waals surface area contributed by atoms with Crippen LogP contribution < -0.4 is 5.32 Å². The molecule has 1 fully saturated rings. The Morgan fingerprint density at radius 2 is 0.729 bits per heavy atom. The van der Waals surface area contributed by atoms with E-state index in [2.05, 4.69) is 116 Å². The van der Waals surface area contributed by atoms with Gasteiger partial charge in [-0.2, -0.15) is 0 Å². The van der Waals surface area contributed by atoms with Crippen molar-refractivity contribution in [3.63, 3.8) is 0 Å². The summed E-state index contributed by atoms with van der Waals surface area (Å²) < 4.78 is 11.4. The smallest absolute Gasteiger partial charge is 0.220 e. The van der Waals surface area contributed by atoms with Crippen molar-refractivity contribution in [1.29, 1.82) is 0 Å². The monoisotopic (exact) mass is 1190 g/mol. The SMILES string of the molecule is CC/C=C\C/C=C\C/C=C\C/C=C\C/C=C\C/C=C\C/C=C\C/C=C\CCCCCCCCCCC(=O)NC(COC1OC(CO)C(O)C(O)C1O)C(O)CCCCCCCCCCCCCCCCCCCCCCCCCCCCCCC. The highest BCUT2D eigenvalue weighted by Gasteiger charge is 2.44. The van der Waals surface area contributed by atoms with Gasteiger partial charge < -0.3 is 40.3 Å². The molecule has 0 saturated carbocycles. The lowest BCUT2D eigenvalue weighted by atomic mass is 9.99. The fourth-order valence-electron chi connectivity index (χ4n) is 11.1. The molecule has 1 aliphatic heterocycles. The average Bonchev–Trinajstić information content (AvgIpc) is 3.68. The van der Waals surface area contributed by atoms with Crippen molar-refractivity contribution < 1.29 is 39.8 Å². The Balaban J connectivity index is 2.14. The van der Waals surface area contributed by atoms with Crippen molar-refractivity contribution in [3.05, 3.63) is 97.2 Å². The van der Waals surface area contributed by atoms with Gasteiger partial charge in [0.1, 0.15) is 24.4 Å². The summed E-state index contributed by atoms with van der Waals surface area (Å²) in [6.45, 7) is 3.75.